The van der Waals surface area contributed by atoms with Crippen LogP contribution >= 0.6 is 15.9 Å². The van der Waals surface area contributed by atoms with Gasteiger partial charge in [0, 0.05) is 24.1 Å². The molecule has 5 heteroatoms. The van der Waals surface area contributed by atoms with Gasteiger partial charge in [0.05, 0.1) is 17.4 Å². The first-order valence-corrected chi connectivity index (χ1v) is 8.10. The number of halogens is 1. The molecule has 1 aliphatic heterocycles. The molecular formula is C16H18BrN3O. The number of hydrogen-bond acceptors (Lipinski definition) is 2. The molecule has 4 nitrogen and oxygen atoms in total. The minimum atomic E-state index is 0.0726. The maximum atomic E-state index is 12.6. The van der Waals surface area contributed by atoms with Gasteiger partial charge in [0.2, 0.25) is 0 Å². The highest BCUT2D eigenvalue weighted by molar-refractivity contribution is 9.09. The lowest BCUT2D eigenvalue weighted by Crippen LogP contribution is -2.43. The van der Waals surface area contributed by atoms with E-state index in [1.165, 1.54) is 0 Å². The molecule has 0 saturated carbocycles. The largest absolute Gasteiger partial charge is 0.338 e. The third kappa shape index (κ3) is 3.02. The zero-order valence-corrected chi connectivity index (χ0v) is 13.5. The third-order valence-electron chi connectivity index (χ3n) is 3.94. The molecule has 0 bridgehead atoms. The maximum Gasteiger partial charge on any atom is 0.257 e. The number of alkyl halides is 1. The van der Waals surface area contributed by atoms with Gasteiger partial charge in [0.15, 0.2) is 0 Å². The van der Waals surface area contributed by atoms with Gasteiger partial charge < -0.3 is 4.90 Å². The highest BCUT2D eigenvalue weighted by Crippen LogP contribution is 2.24. The van der Waals surface area contributed by atoms with Crippen LogP contribution in [-0.4, -0.2) is 38.5 Å². The number of amides is 1. The fraction of sp³-hybridized carbons (Fsp3) is 0.375. The molecule has 1 saturated heterocycles. The second-order valence-electron chi connectivity index (χ2n) is 5.54. The fourth-order valence-corrected chi connectivity index (χ4v) is 3.01. The van der Waals surface area contributed by atoms with E-state index in [4.69, 9.17) is 0 Å². The van der Waals surface area contributed by atoms with Gasteiger partial charge in [-0.2, -0.15) is 5.10 Å². The van der Waals surface area contributed by atoms with E-state index in [1.54, 1.807) is 10.9 Å². The quantitative estimate of drug-likeness (QED) is 0.782. The Morgan fingerprint density at radius 2 is 2.10 bits per heavy atom. The average molecular weight is 348 g/mol. The topological polar surface area (TPSA) is 38.1 Å². The molecule has 110 valence electrons. The minimum Gasteiger partial charge on any atom is -0.338 e. The van der Waals surface area contributed by atoms with Gasteiger partial charge >= 0.3 is 0 Å². The van der Waals surface area contributed by atoms with Crippen molar-refractivity contribution in [3.8, 4) is 5.69 Å². The summed E-state index contributed by atoms with van der Waals surface area (Å²) in [6, 6.07) is 9.83. The first kappa shape index (κ1) is 14.3. The van der Waals surface area contributed by atoms with E-state index in [2.05, 4.69) is 28.0 Å². The molecule has 1 aromatic carbocycles. The summed E-state index contributed by atoms with van der Waals surface area (Å²) < 4.78 is 1.74. The molecule has 0 aliphatic carbocycles. The molecule has 0 radical (unpaired) electrons. The van der Waals surface area contributed by atoms with Crippen molar-refractivity contribution in [1.29, 1.82) is 0 Å². The molecular weight excluding hydrogens is 330 g/mol. The number of carbonyl (C=O) groups is 1. The standard InChI is InChI=1S/C16H18BrN3O/c1-12-10-19(8-7-15(12)17)16(21)13-9-18-20(11-13)14-5-3-2-4-6-14/h2-6,9,11-12,15H,7-8,10H2,1H3. The van der Waals surface area contributed by atoms with Gasteiger partial charge in [-0.15, -0.1) is 0 Å². The summed E-state index contributed by atoms with van der Waals surface area (Å²) in [5.74, 6) is 0.551. The summed E-state index contributed by atoms with van der Waals surface area (Å²) in [6.07, 6.45) is 4.46. The number of nitrogens with zero attached hydrogens (tertiary/aromatic N) is 3. The summed E-state index contributed by atoms with van der Waals surface area (Å²) in [5.41, 5.74) is 1.61. The normalized spacial score (nSPS) is 22.3. The zero-order chi connectivity index (χ0) is 14.8. The molecule has 21 heavy (non-hydrogen) atoms. The molecule has 2 aromatic rings. The lowest BCUT2D eigenvalue weighted by atomic mass is 9.99. The molecule has 1 amide bonds. The van der Waals surface area contributed by atoms with Crippen LogP contribution in [0.15, 0.2) is 42.7 Å². The van der Waals surface area contributed by atoms with Gasteiger partial charge in [-0.25, -0.2) is 4.68 Å². The molecule has 0 spiro atoms. The number of piperidine rings is 1. The van der Waals surface area contributed by atoms with Crippen LogP contribution in [0.25, 0.3) is 5.69 Å². The Balaban J connectivity index is 1.76. The lowest BCUT2D eigenvalue weighted by Gasteiger charge is -2.34. The first-order chi connectivity index (χ1) is 10.1. The molecule has 2 unspecified atom stereocenters. The molecule has 1 aliphatic rings. The summed E-state index contributed by atoms with van der Waals surface area (Å²) in [5, 5.41) is 4.30. The molecule has 0 N–H and O–H groups in total. The lowest BCUT2D eigenvalue weighted by molar-refractivity contribution is 0.0690. The van der Waals surface area contributed by atoms with Crippen LogP contribution in [-0.2, 0) is 0 Å². The highest BCUT2D eigenvalue weighted by atomic mass is 79.9. The number of benzene rings is 1. The van der Waals surface area contributed by atoms with E-state index in [1.807, 2.05) is 41.4 Å². The summed E-state index contributed by atoms with van der Waals surface area (Å²) in [7, 11) is 0. The highest BCUT2D eigenvalue weighted by Gasteiger charge is 2.28. The molecule has 2 heterocycles. The van der Waals surface area contributed by atoms with Crippen molar-refractivity contribution in [2.45, 2.75) is 18.2 Å². The number of carbonyl (C=O) groups excluding carboxylic acids is 1. The second kappa shape index (κ2) is 6.02. The van der Waals surface area contributed by atoms with Crippen molar-refractivity contribution in [1.82, 2.24) is 14.7 Å². The van der Waals surface area contributed by atoms with E-state index in [0.29, 0.717) is 16.3 Å². The van der Waals surface area contributed by atoms with Gasteiger partial charge in [0.25, 0.3) is 5.91 Å². The van der Waals surface area contributed by atoms with Gasteiger partial charge in [-0.1, -0.05) is 41.1 Å². The predicted octanol–water partition coefficient (Wildman–Crippen LogP) is 3.12. The number of rotatable bonds is 2. The SMILES string of the molecule is CC1CN(C(=O)c2cnn(-c3ccccc3)c2)CCC1Br. The van der Waals surface area contributed by atoms with Crippen LogP contribution in [0.2, 0.25) is 0 Å². The van der Waals surface area contributed by atoms with E-state index >= 15 is 0 Å². The average Bonchev–Trinajstić information content (AvgIpc) is 3.00. The van der Waals surface area contributed by atoms with Crippen LogP contribution in [0.5, 0.6) is 0 Å². The molecule has 2 atom stereocenters. The van der Waals surface area contributed by atoms with Crippen molar-refractivity contribution in [2.75, 3.05) is 13.1 Å². The van der Waals surface area contributed by atoms with Crippen LogP contribution < -0.4 is 0 Å². The minimum absolute atomic E-state index is 0.0726. The Hall–Kier alpha value is -1.62. The Morgan fingerprint density at radius 1 is 1.33 bits per heavy atom. The number of hydrogen-bond donors (Lipinski definition) is 0. The molecule has 1 fully saturated rings. The number of likely N-dealkylation sites (tertiary alicyclic amines) is 1. The maximum absolute atomic E-state index is 12.6. The van der Waals surface area contributed by atoms with Crippen molar-refractivity contribution in [2.24, 2.45) is 5.92 Å². The Labute approximate surface area is 132 Å². The van der Waals surface area contributed by atoms with Gasteiger partial charge in [-0.05, 0) is 24.5 Å². The summed E-state index contributed by atoms with van der Waals surface area (Å²) >= 11 is 3.67. The summed E-state index contributed by atoms with van der Waals surface area (Å²) in [6.45, 7) is 3.77. The van der Waals surface area contributed by atoms with E-state index in [9.17, 15) is 4.79 Å². The number of aromatic nitrogens is 2. The van der Waals surface area contributed by atoms with E-state index < -0.39 is 0 Å². The zero-order valence-electron chi connectivity index (χ0n) is 11.9. The molecule has 1 aromatic heterocycles. The molecule has 3 rings (SSSR count). The van der Waals surface area contributed by atoms with E-state index in [0.717, 1.165) is 25.2 Å². The summed E-state index contributed by atoms with van der Waals surface area (Å²) in [4.78, 5) is 15.0. The smallest absolute Gasteiger partial charge is 0.257 e. The van der Waals surface area contributed by atoms with Gasteiger partial charge in [0.1, 0.15) is 0 Å². The van der Waals surface area contributed by atoms with Crippen molar-refractivity contribution >= 4 is 21.8 Å². The van der Waals surface area contributed by atoms with Crippen molar-refractivity contribution in [3.05, 3.63) is 48.3 Å². The van der Waals surface area contributed by atoms with Crippen molar-refractivity contribution < 1.29 is 4.79 Å². The van der Waals surface area contributed by atoms with E-state index in [-0.39, 0.29) is 5.91 Å². The Morgan fingerprint density at radius 3 is 2.81 bits per heavy atom. The Kier molecular flexibility index (Phi) is 4.10. The van der Waals surface area contributed by atoms with Crippen molar-refractivity contribution in [3.63, 3.8) is 0 Å². The predicted molar refractivity (Wildman–Crippen MR) is 86.0 cm³/mol. The van der Waals surface area contributed by atoms with Crippen LogP contribution in [0.4, 0.5) is 0 Å². The second-order valence-corrected chi connectivity index (χ2v) is 6.72. The van der Waals surface area contributed by atoms with Gasteiger partial charge in [-0.3, -0.25) is 4.79 Å². The van der Waals surface area contributed by atoms with Crippen LogP contribution in [0.1, 0.15) is 23.7 Å². The van der Waals surface area contributed by atoms with Crippen LogP contribution in [0, 0.1) is 5.92 Å². The first-order valence-electron chi connectivity index (χ1n) is 7.18. The third-order valence-corrected chi connectivity index (χ3v) is 5.30. The van der Waals surface area contributed by atoms with Crippen LogP contribution in [0.3, 0.4) is 0 Å². The Bertz CT molecular complexity index is 625. The fourth-order valence-electron chi connectivity index (χ4n) is 2.64. The monoisotopic (exact) mass is 347 g/mol. The number of para-hydroxylation sites is 1.